The van der Waals surface area contributed by atoms with Crippen molar-refractivity contribution in [2.45, 2.75) is 31.6 Å². The molecule has 1 unspecified atom stereocenters. The summed E-state index contributed by atoms with van der Waals surface area (Å²) in [6, 6.07) is 6.45. The molecule has 1 amide bonds. The van der Waals surface area contributed by atoms with Gasteiger partial charge in [0.15, 0.2) is 11.2 Å². The summed E-state index contributed by atoms with van der Waals surface area (Å²) in [6.45, 7) is 5.04. The maximum Gasteiger partial charge on any atom is 0.490 e. The zero-order chi connectivity index (χ0) is 32.9. The molecule has 1 spiro atoms. The summed E-state index contributed by atoms with van der Waals surface area (Å²) >= 11 is 1.34. The van der Waals surface area contributed by atoms with Crippen LogP contribution in [0.1, 0.15) is 23.9 Å². The third-order valence-corrected chi connectivity index (χ3v) is 9.21. The van der Waals surface area contributed by atoms with Crippen LogP contribution in [0.5, 0.6) is 0 Å². The molecule has 3 aliphatic rings. The van der Waals surface area contributed by atoms with Crippen LogP contribution in [0, 0.1) is 11.2 Å². The number of aryl methyl sites for hydroxylation is 1. The van der Waals surface area contributed by atoms with E-state index in [2.05, 4.69) is 35.1 Å². The standard InChI is InChI=1S/C28H26FN9OS.C2HF3O2/c29-20-8-18(17-3-4-23(32-10-17)37-14-28(15-37)12-30-13-28)9-21-19(20)11-38(35-21)25(26(39)34-27-31-5-7-40-27)24-22-2-1-6-36(22)16-33-24;3-2(4,5)1(6)7/h3-5,7-11,16,25,30H,1-2,6,12-15H2,(H,31,34,39);(H,6,7). The average molecular weight is 670 g/mol. The van der Waals surface area contributed by atoms with Crippen LogP contribution < -0.4 is 15.5 Å². The van der Waals surface area contributed by atoms with Gasteiger partial charge in [0, 0.05) is 73.4 Å². The molecule has 5 aromatic rings. The predicted octanol–water partition coefficient (Wildman–Crippen LogP) is 4.11. The maximum absolute atomic E-state index is 15.5. The van der Waals surface area contributed by atoms with E-state index < -0.39 is 24.0 Å². The van der Waals surface area contributed by atoms with Crippen LogP contribution in [-0.2, 0) is 22.6 Å². The Balaban J connectivity index is 0.000000455. The van der Waals surface area contributed by atoms with E-state index in [0.717, 1.165) is 62.6 Å². The average Bonchev–Trinajstić information content (AvgIpc) is 3.79. The first-order chi connectivity index (χ1) is 22.5. The molecule has 1 aromatic carbocycles. The molecule has 3 N–H and O–H groups in total. The molecule has 8 rings (SSSR count). The summed E-state index contributed by atoms with van der Waals surface area (Å²) in [5.74, 6) is -2.54. The molecule has 7 heterocycles. The van der Waals surface area contributed by atoms with E-state index >= 15 is 4.39 Å². The number of anilines is 2. The summed E-state index contributed by atoms with van der Waals surface area (Å²) in [5.41, 5.74) is 4.01. The molecular weight excluding hydrogens is 642 g/mol. The van der Waals surface area contributed by atoms with Crippen molar-refractivity contribution in [1.82, 2.24) is 34.6 Å². The van der Waals surface area contributed by atoms with E-state index in [1.165, 1.54) is 22.1 Å². The number of imidazole rings is 1. The number of carbonyl (C=O) groups excluding carboxylic acids is 1. The fraction of sp³-hybridized carbons (Fsp3) is 0.333. The number of hydrogen-bond acceptors (Lipinski definition) is 9. The van der Waals surface area contributed by atoms with Gasteiger partial charge in [0.25, 0.3) is 5.91 Å². The number of hydrogen-bond donors (Lipinski definition) is 3. The van der Waals surface area contributed by atoms with Crippen LogP contribution in [-0.4, -0.2) is 78.6 Å². The quantitative estimate of drug-likeness (QED) is 0.228. The number of nitrogens with zero attached hydrogens (tertiary/aromatic N) is 7. The van der Waals surface area contributed by atoms with Gasteiger partial charge in [-0.3, -0.25) is 14.8 Å². The molecule has 4 aromatic heterocycles. The second-order valence-corrected chi connectivity index (χ2v) is 12.7. The van der Waals surface area contributed by atoms with Crippen molar-refractivity contribution in [2.24, 2.45) is 5.41 Å². The van der Waals surface area contributed by atoms with E-state index in [1.54, 1.807) is 30.3 Å². The fourth-order valence-electron chi connectivity index (χ4n) is 6.13. The Kier molecular flexibility index (Phi) is 7.66. The maximum atomic E-state index is 15.5. The number of aliphatic carboxylic acids is 1. The minimum absolute atomic E-state index is 0.318. The SMILES string of the molecule is O=C(Nc1nccs1)C(c1ncn2c1CCC2)n1cc2c(F)cc(-c3ccc(N4CC5(CNC5)C4)nc3)cc2n1.O=C(O)C(F)(F)F. The number of carbonyl (C=O) groups is 2. The molecule has 12 nitrogen and oxygen atoms in total. The lowest BCUT2D eigenvalue weighted by molar-refractivity contribution is -0.192. The summed E-state index contributed by atoms with van der Waals surface area (Å²) in [7, 11) is 0. The molecule has 2 fully saturated rings. The Morgan fingerprint density at radius 3 is 2.53 bits per heavy atom. The van der Waals surface area contributed by atoms with E-state index in [9.17, 15) is 18.0 Å². The minimum Gasteiger partial charge on any atom is -0.475 e. The number of fused-ring (bicyclic) bond motifs is 2. The van der Waals surface area contributed by atoms with Gasteiger partial charge in [-0.25, -0.2) is 24.1 Å². The van der Waals surface area contributed by atoms with Gasteiger partial charge in [-0.2, -0.15) is 18.3 Å². The van der Waals surface area contributed by atoms with Crippen molar-refractivity contribution in [3.63, 3.8) is 0 Å². The van der Waals surface area contributed by atoms with Crippen molar-refractivity contribution < 1.29 is 32.3 Å². The lowest BCUT2D eigenvalue weighted by atomic mass is 9.74. The van der Waals surface area contributed by atoms with Crippen LogP contribution in [0.25, 0.3) is 22.0 Å². The van der Waals surface area contributed by atoms with Gasteiger partial charge in [-0.05, 0) is 42.7 Å². The molecule has 1 atom stereocenters. The largest absolute Gasteiger partial charge is 0.490 e. The number of halogens is 4. The number of aromatic nitrogens is 6. The Morgan fingerprint density at radius 1 is 1.11 bits per heavy atom. The molecule has 47 heavy (non-hydrogen) atoms. The van der Waals surface area contributed by atoms with E-state index in [1.807, 2.05) is 18.2 Å². The van der Waals surface area contributed by atoms with E-state index in [-0.39, 0.29) is 5.91 Å². The third kappa shape index (κ3) is 5.91. The van der Waals surface area contributed by atoms with Gasteiger partial charge in [-0.1, -0.05) is 0 Å². The Hall–Kier alpha value is -4.90. The van der Waals surface area contributed by atoms with Gasteiger partial charge in [0.1, 0.15) is 11.6 Å². The lowest BCUT2D eigenvalue weighted by Crippen LogP contribution is -2.71. The smallest absolute Gasteiger partial charge is 0.475 e. The van der Waals surface area contributed by atoms with Crippen LogP contribution in [0.2, 0.25) is 0 Å². The van der Waals surface area contributed by atoms with Gasteiger partial charge in [-0.15, -0.1) is 11.3 Å². The van der Waals surface area contributed by atoms with Crippen molar-refractivity contribution in [2.75, 3.05) is 36.4 Å². The molecule has 2 saturated heterocycles. The molecule has 3 aliphatic heterocycles. The lowest BCUT2D eigenvalue weighted by Gasteiger charge is -2.56. The number of benzene rings is 1. The predicted molar refractivity (Wildman–Crippen MR) is 164 cm³/mol. The first kappa shape index (κ1) is 30.7. The fourth-order valence-corrected chi connectivity index (χ4v) is 6.66. The zero-order valence-electron chi connectivity index (χ0n) is 24.5. The van der Waals surface area contributed by atoms with Crippen LogP contribution >= 0.6 is 11.3 Å². The molecule has 0 aliphatic carbocycles. The van der Waals surface area contributed by atoms with Crippen LogP contribution in [0.4, 0.5) is 28.5 Å². The zero-order valence-corrected chi connectivity index (χ0v) is 25.4. The monoisotopic (exact) mass is 669 g/mol. The summed E-state index contributed by atoms with van der Waals surface area (Å²) in [4.78, 5) is 38.2. The molecule has 244 valence electrons. The van der Waals surface area contributed by atoms with Crippen molar-refractivity contribution in [1.29, 1.82) is 0 Å². The van der Waals surface area contributed by atoms with E-state index in [4.69, 9.17) is 15.0 Å². The molecule has 17 heteroatoms. The van der Waals surface area contributed by atoms with Crippen LogP contribution in [0.3, 0.4) is 0 Å². The Labute approximate surface area is 268 Å². The van der Waals surface area contributed by atoms with E-state index in [0.29, 0.717) is 32.7 Å². The summed E-state index contributed by atoms with van der Waals surface area (Å²) < 4.78 is 50.8. The van der Waals surface area contributed by atoms with Gasteiger partial charge in [0.2, 0.25) is 0 Å². The second-order valence-electron chi connectivity index (χ2n) is 11.8. The minimum atomic E-state index is -5.08. The number of nitrogens with one attached hydrogen (secondary N) is 2. The molecule has 0 radical (unpaired) electrons. The van der Waals surface area contributed by atoms with Crippen molar-refractivity contribution in [3.8, 4) is 11.1 Å². The number of carboxylic acid groups (broad SMARTS) is 1. The third-order valence-electron chi connectivity index (χ3n) is 8.52. The second kappa shape index (κ2) is 11.7. The van der Waals surface area contributed by atoms with Gasteiger partial charge in [0.05, 0.1) is 22.9 Å². The highest BCUT2D eigenvalue weighted by Crippen LogP contribution is 2.37. The number of amides is 1. The normalized spacial score (nSPS) is 17.0. The van der Waals surface area contributed by atoms with Gasteiger partial charge >= 0.3 is 12.1 Å². The first-order valence-electron chi connectivity index (χ1n) is 14.6. The number of alkyl halides is 3. The summed E-state index contributed by atoms with van der Waals surface area (Å²) in [6.07, 6.45) is 3.52. The summed E-state index contributed by atoms with van der Waals surface area (Å²) in [5, 5.41) is 20.7. The number of rotatable bonds is 6. The highest BCUT2D eigenvalue weighted by atomic mass is 32.1. The van der Waals surface area contributed by atoms with Crippen LogP contribution in [0.15, 0.2) is 54.6 Å². The number of thiazole rings is 1. The molecule has 0 bridgehead atoms. The topological polar surface area (TPSA) is 143 Å². The van der Waals surface area contributed by atoms with Gasteiger partial charge < -0.3 is 19.9 Å². The Bertz CT molecular complexity index is 1950. The molecule has 0 saturated carbocycles. The Morgan fingerprint density at radius 2 is 1.89 bits per heavy atom. The number of pyridine rings is 1. The van der Waals surface area contributed by atoms with Crippen molar-refractivity contribution in [3.05, 3.63) is 71.8 Å². The first-order valence-corrected chi connectivity index (χ1v) is 15.5. The highest BCUT2D eigenvalue weighted by Gasteiger charge is 2.48. The number of carboxylic acids is 1. The highest BCUT2D eigenvalue weighted by molar-refractivity contribution is 7.13. The van der Waals surface area contributed by atoms with Crippen molar-refractivity contribution >= 4 is 45.1 Å². The molecular formula is C30H27F4N9O3S.